The zero-order chi connectivity index (χ0) is 12.7. The fourth-order valence-electron chi connectivity index (χ4n) is 1.24. The van der Waals surface area contributed by atoms with Crippen LogP contribution in [0.2, 0.25) is 0 Å². The molecule has 0 saturated carbocycles. The molecule has 1 aromatic rings. The number of halogens is 3. The summed E-state index contributed by atoms with van der Waals surface area (Å²) in [4.78, 5) is 4.06. The highest BCUT2D eigenvalue weighted by atomic mass is 19.4. The van der Waals surface area contributed by atoms with Crippen LogP contribution in [0.5, 0.6) is 0 Å². The number of alkyl halides is 3. The highest BCUT2D eigenvalue weighted by Gasteiger charge is 2.27. The van der Waals surface area contributed by atoms with Crippen LogP contribution < -0.4 is 5.32 Å². The molecule has 0 aliphatic carbocycles. The van der Waals surface area contributed by atoms with Crippen LogP contribution in [0.4, 0.5) is 19.1 Å². The van der Waals surface area contributed by atoms with Crippen LogP contribution in [0.3, 0.4) is 0 Å². The van der Waals surface area contributed by atoms with Crippen molar-refractivity contribution in [3.05, 3.63) is 12.4 Å². The first-order chi connectivity index (χ1) is 8.03. The Morgan fingerprint density at radius 2 is 2.24 bits per heavy atom. The van der Waals surface area contributed by atoms with Crippen LogP contribution in [0, 0.1) is 0 Å². The molecular formula is C10H16F3N3O. The van der Waals surface area contributed by atoms with E-state index in [1.807, 2.05) is 6.92 Å². The zero-order valence-corrected chi connectivity index (χ0v) is 9.63. The second-order valence-corrected chi connectivity index (χ2v) is 3.54. The molecule has 0 atom stereocenters. The Hall–Kier alpha value is -1.24. The summed E-state index contributed by atoms with van der Waals surface area (Å²) in [6.45, 7) is 1.95. The van der Waals surface area contributed by atoms with Crippen molar-refractivity contribution in [3.63, 3.8) is 0 Å². The lowest BCUT2D eigenvalue weighted by atomic mass is 10.5. The zero-order valence-electron chi connectivity index (χ0n) is 9.63. The molecule has 0 aliphatic heterocycles. The van der Waals surface area contributed by atoms with Gasteiger partial charge < -0.3 is 14.6 Å². The second kappa shape index (κ2) is 6.48. The number of anilines is 1. The number of rotatable bonds is 7. The Kier molecular flexibility index (Phi) is 5.27. The van der Waals surface area contributed by atoms with Gasteiger partial charge in [-0.05, 0) is 6.42 Å². The summed E-state index contributed by atoms with van der Waals surface area (Å²) in [6.07, 6.45) is -0.00758. The van der Waals surface area contributed by atoms with E-state index in [1.54, 1.807) is 17.0 Å². The minimum Gasteiger partial charge on any atom is -0.370 e. The van der Waals surface area contributed by atoms with Gasteiger partial charge in [0.1, 0.15) is 6.61 Å². The summed E-state index contributed by atoms with van der Waals surface area (Å²) >= 11 is 0. The third-order valence-electron chi connectivity index (χ3n) is 1.99. The van der Waals surface area contributed by atoms with Crippen molar-refractivity contribution in [2.45, 2.75) is 26.1 Å². The van der Waals surface area contributed by atoms with Gasteiger partial charge in [0, 0.05) is 25.5 Å². The molecule has 0 unspecified atom stereocenters. The summed E-state index contributed by atoms with van der Waals surface area (Å²) in [5.74, 6) is 0.655. The number of imidazole rings is 1. The summed E-state index contributed by atoms with van der Waals surface area (Å²) < 4.78 is 41.7. The van der Waals surface area contributed by atoms with Crippen molar-refractivity contribution >= 4 is 5.95 Å². The normalized spacial score (nSPS) is 11.8. The number of nitrogens with zero attached hydrogens (tertiary/aromatic N) is 2. The third kappa shape index (κ3) is 5.58. The third-order valence-corrected chi connectivity index (χ3v) is 1.99. The molecule has 1 rings (SSSR count). The van der Waals surface area contributed by atoms with Gasteiger partial charge in [0.2, 0.25) is 5.95 Å². The highest BCUT2D eigenvalue weighted by Crippen LogP contribution is 2.14. The molecule has 7 heteroatoms. The number of hydrogen-bond acceptors (Lipinski definition) is 3. The van der Waals surface area contributed by atoms with Crippen molar-refractivity contribution in [1.82, 2.24) is 9.55 Å². The van der Waals surface area contributed by atoms with Crippen molar-refractivity contribution in [2.75, 3.05) is 25.1 Å². The van der Waals surface area contributed by atoms with Gasteiger partial charge in [0.05, 0.1) is 6.61 Å². The quantitative estimate of drug-likeness (QED) is 0.756. The molecule has 0 aliphatic rings. The fourth-order valence-corrected chi connectivity index (χ4v) is 1.24. The van der Waals surface area contributed by atoms with Crippen molar-refractivity contribution in [2.24, 2.45) is 0 Å². The first-order valence-electron chi connectivity index (χ1n) is 5.42. The lowest BCUT2D eigenvalue weighted by Gasteiger charge is -2.10. The molecule has 0 radical (unpaired) electrons. The molecule has 0 spiro atoms. The van der Waals surface area contributed by atoms with E-state index in [-0.39, 0.29) is 6.61 Å². The fraction of sp³-hybridized carbons (Fsp3) is 0.700. The van der Waals surface area contributed by atoms with Crippen LogP contribution >= 0.6 is 0 Å². The first kappa shape index (κ1) is 13.8. The maximum Gasteiger partial charge on any atom is 0.411 e. The van der Waals surface area contributed by atoms with Crippen LogP contribution in [0.15, 0.2) is 12.4 Å². The van der Waals surface area contributed by atoms with E-state index < -0.39 is 12.8 Å². The van der Waals surface area contributed by atoms with E-state index >= 15 is 0 Å². The van der Waals surface area contributed by atoms with E-state index in [2.05, 4.69) is 15.0 Å². The summed E-state index contributed by atoms with van der Waals surface area (Å²) in [6, 6.07) is 0. The van der Waals surface area contributed by atoms with E-state index in [0.717, 1.165) is 13.0 Å². The molecule has 98 valence electrons. The molecule has 4 nitrogen and oxygen atoms in total. The molecule has 0 amide bonds. The predicted molar refractivity (Wildman–Crippen MR) is 57.9 cm³/mol. The van der Waals surface area contributed by atoms with E-state index in [9.17, 15) is 13.2 Å². The minimum atomic E-state index is -4.27. The van der Waals surface area contributed by atoms with Gasteiger partial charge >= 0.3 is 6.18 Å². The summed E-state index contributed by atoms with van der Waals surface area (Å²) in [5.41, 5.74) is 0. The topological polar surface area (TPSA) is 39.1 Å². The molecule has 0 bridgehead atoms. The van der Waals surface area contributed by atoms with Gasteiger partial charge in [0.25, 0.3) is 0 Å². The molecule has 1 aromatic heterocycles. The lowest BCUT2D eigenvalue weighted by Crippen LogP contribution is -2.19. The number of ether oxygens (including phenoxy) is 1. The van der Waals surface area contributed by atoms with E-state index in [0.29, 0.717) is 12.5 Å². The number of nitrogens with one attached hydrogen (secondary N) is 1. The van der Waals surface area contributed by atoms with Crippen LogP contribution in [0.1, 0.15) is 13.3 Å². The van der Waals surface area contributed by atoms with Gasteiger partial charge in [0.15, 0.2) is 0 Å². The number of hydrogen-bond donors (Lipinski definition) is 1. The summed E-state index contributed by atoms with van der Waals surface area (Å²) in [5, 5.41) is 3.07. The highest BCUT2D eigenvalue weighted by molar-refractivity contribution is 5.25. The molecule has 0 aromatic carbocycles. The van der Waals surface area contributed by atoms with Crippen LogP contribution in [-0.2, 0) is 11.3 Å². The van der Waals surface area contributed by atoms with Crippen LogP contribution in [-0.4, -0.2) is 35.5 Å². The van der Waals surface area contributed by atoms with Gasteiger partial charge in [-0.1, -0.05) is 6.92 Å². The van der Waals surface area contributed by atoms with Gasteiger partial charge in [-0.2, -0.15) is 13.2 Å². The van der Waals surface area contributed by atoms with Gasteiger partial charge in [-0.15, -0.1) is 0 Å². The molecular weight excluding hydrogens is 235 g/mol. The Balaban J connectivity index is 2.29. The van der Waals surface area contributed by atoms with Gasteiger partial charge in [-0.25, -0.2) is 4.98 Å². The Bertz CT molecular complexity index is 325. The SMILES string of the molecule is CCCNc1nccn1CCOCC(F)(F)F. The Morgan fingerprint density at radius 3 is 2.88 bits per heavy atom. The maximum atomic E-state index is 11.8. The molecule has 0 saturated heterocycles. The van der Waals surface area contributed by atoms with Crippen molar-refractivity contribution in [1.29, 1.82) is 0 Å². The average Bonchev–Trinajstić information content (AvgIpc) is 2.67. The standard InChI is InChI=1S/C10H16F3N3O/c1-2-3-14-9-15-4-5-16(9)6-7-17-8-10(11,12)13/h4-5H,2-3,6-8H2,1H3,(H,14,15). The molecule has 17 heavy (non-hydrogen) atoms. The molecule has 1 heterocycles. The first-order valence-corrected chi connectivity index (χ1v) is 5.42. The largest absolute Gasteiger partial charge is 0.411 e. The lowest BCUT2D eigenvalue weighted by molar-refractivity contribution is -0.174. The monoisotopic (exact) mass is 251 g/mol. The van der Waals surface area contributed by atoms with Gasteiger partial charge in [-0.3, -0.25) is 0 Å². The molecule has 0 fully saturated rings. The second-order valence-electron chi connectivity index (χ2n) is 3.54. The molecule has 1 N–H and O–H groups in total. The van der Waals surface area contributed by atoms with E-state index in [1.165, 1.54) is 0 Å². The van der Waals surface area contributed by atoms with Crippen molar-refractivity contribution < 1.29 is 17.9 Å². The average molecular weight is 251 g/mol. The maximum absolute atomic E-state index is 11.8. The number of aromatic nitrogens is 2. The Morgan fingerprint density at radius 1 is 1.47 bits per heavy atom. The summed E-state index contributed by atoms with van der Waals surface area (Å²) in [7, 11) is 0. The smallest absolute Gasteiger partial charge is 0.370 e. The van der Waals surface area contributed by atoms with Crippen LogP contribution in [0.25, 0.3) is 0 Å². The van der Waals surface area contributed by atoms with Crippen molar-refractivity contribution in [3.8, 4) is 0 Å². The van der Waals surface area contributed by atoms with E-state index in [4.69, 9.17) is 0 Å². The predicted octanol–water partition coefficient (Wildman–Crippen LogP) is 2.28. The Labute approximate surface area is 97.8 Å². The minimum absolute atomic E-state index is 0.0106.